The van der Waals surface area contributed by atoms with Crippen LogP contribution in [0.25, 0.3) is 0 Å². The van der Waals surface area contributed by atoms with Gasteiger partial charge in [-0.25, -0.2) is 4.57 Å². The van der Waals surface area contributed by atoms with Gasteiger partial charge in [0.25, 0.3) is 0 Å². The van der Waals surface area contributed by atoms with Crippen LogP contribution in [0.3, 0.4) is 0 Å². The lowest BCUT2D eigenvalue weighted by Crippen LogP contribution is -2.29. The summed E-state index contributed by atoms with van der Waals surface area (Å²) in [5, 5.41) is 0. The van der Waals surface area contributed by atoms with Crippen LogP contribution in [0.15, 0.2) is 0 Å². The first kappa shape index (κ1) is 41.0. The highest BCUT2D eigenvalue weighted by atomic mass is 31.2. The summed E-state index contributed by atoms with van der Waals surface area (Å²) < 4.78 is 32.4. The summed E-state index contributed by atoms with van der Waals surface area (Å²) in [6.07, 6.45) is 25.8. The number of hydrogen-bond acceptors (Lipinski definition) is 7. The van der Waals surface area contributed by atoms with E-state index in [1.165, 1.54) is 103 Å². The van der Waals surface area contributed by atoms with Crippen molar-refractivity contribution >= 4 is 19.8 Å². The summed E-state index contributed by atoms with van der Waals surface area (Å²) in [7, 11) is -4.26. The molecule has 9 heteroatoms. The van der Waals surface area contributed by atoms with Gasteiger partial charge in [0.1, 0.15) is 6.61 Å². The highest BCUT2D eigenvalue weighted by Crippen LogP contribution is 2.43. The van der Waals surface area contributed by atoms with Gasteiger partial charge in [-0.3, -0.25) is 18.6 Å². The van der Waals surface area contributed by atoms with Crippen LogP contribution < -0.4 is 0 Å². The zero-order valence-corrected chi connectivity index (χ0v) is 28.3. The van der Waals surface area contributed by atoms with Gasteiger partial charge >= 0.3 is 19.8 Å². The monoisotopic (exact) mass is 620 g/mol. The number of carbonyl (C=O) groups excluding carboxylic acids is 2. The topological polar surface area (TPSA) is 108 Å². The molecule has 0 aromatic heterocycles. The van der Waals surface area contributed by atoms with E-state index in [2.05, 4.69) is 13.8 Å². The first-order valence-electron chi connectivity index (χ1n) is 17.3. The molecule has 0 aliphatic rings. The molecule has 0 rings (SSSR count). The van der Waals surface area contributed by atoms with Crippen LogP contribution in [0.4, 0.5) is 0 Å². The molecule has 250 valence electrons. The fourth-order valence-electron chi connectivity index (χ4n) is 4.86. The van der Waals surface area contributed by atoms with Crippen molar-refractivity contribution in [1.29, 1.82) is 0 Å². The summed E-state index contributed by atoms with van der Waals surface area (Å²) in [6.45, 7) is 5.45. The van der Waals surface area contributed by atoms with Gasteiger partial charge in [0.15, 0.2) is 6.10 Å². The summed E-state index contributed by atoms with van der Waals surface area (Å²) in [5.41, 5.74) is 0. The van der Waals surface area contributed by atoms with Crippen molar-refractivity contribution in [3.8, 4) is 0 Å². The van der Waals surface area contributed by atoms with Gasteiger partial charge in [-0.05, 0) is 19.8 Å². The molecule has 2 atom stereocenters. The largest absolute Gasteiger partial charge is 0.472 e. The average Bonchev–Trinajstić information content (AvgIpc) is 2.96. The second-order valence-corrected chi connectivity index (χ2v) is 13.0. The zero-order valence-electron chi connectivity index (χ0n) is 27.4. The second kappa shape index (κ2) is 30.1. The maximum absolute atomic E-state index is 12.4. The fraction of sp³-hybridized carbons (Fsp3) is 0.939. The summed E-state index contributed by atoms with van der Waals surface area (Å²) >= 11 is 0. The Bertz CT molecular complexity index is 672. The van der Waals surface area contributed by atoms with Gasteiger partial charge in [0, 0.05) is 12.8 Å². The third-order valence-corrected chi connectivity index (χ3v) is 8.47. The Balaban J connectivity index is 4.18. The van der Waals surface area contributed by atoms with Crippen LogP contribution >= 0.6 is 7.82 Å². The third kappa shape index (κ3) is 29.1. The molecular formula is C33H65O8P. The number of esters is 2. The smallest absolute Gasteiger partial charge is 0.462 e. The van der Waals surface area contributed by atoms with Crippen molar-refractivity contribution in [2.45, 2.75) is 181 Å². The molecule has 2 unspecified atom stereocenters. The van der Waals surface area contributed by atoms with E-state index >= 15 is 0 Å². The highest BCUT2D eigenvalue weighted by Gasteiger charge is 2.25. The van der Waals surface area contributed by atoms with Gasteiger partial charge in [-0.15, -0.1) is 0 Å². The van der Waals surface area contributed by atoms with E-state index in [1.807, 2.05) is 0 Å². The Morgan fingerprint density at radius 1 is 0.548 bits per heavy atom. The molecule has 0 amide bonds. The van der Waals surface area contributed by atoms with Gasteiger partial charge in [-0.2, -0.15) is 0 Å². The van der Waals surface area contributed by atoms with Crippen LogP contribution in [-0.2, 0) is 32.7 Å². The average molecular weight is 621 g/mol. The van der Waals surface area contributed by atoms with E-state index in [-0.39, 0.29) is 32.2 Å². The van der Waals surface area contributed by atoms with Crippen LogP contribution in [0, 0.1) is 0 Å². The highest BCUT2D eigenvalue weighted by molar-refractivity contribution is 7.47. The minimum absolute atomic E-state index is 0.00499. The van der Waals surface area contributed by atoms with Crippen LogP contribution in [0.1, 0.15) is 175 Å². The number of carbonyl (C=O) groups is 2. The Morgan fingerprint density at radius 3 is 1.33 bits per heavy atom. The molecule has 0 saturated heterocycles. The number of unbranched alkanes of at least 4 members (excludes halogenated alkanes) is 20. The Hall–Kier alpha value is -0.950. The van der Waals surface area contributed by atoms with Crippen molar-refractivity contribution in [2.75, 3.05) is 19.8 Å². The fourth-order valence-corrected chi connectivity index (χ4v) is 5.62. The lowest BCUT2D eigenvalue weighted by Gasteiger charge is -2.19. The molecule has 42 heavy (non-hydrogen) atoms. The van der Waals surface area contributed by atoms with Crippen LogP contribution in [0.5, 0.6) is 0 Å². The number of phosphoric acid groups is 1. The SMILES string of the molecule is CCCCCCCCCCCCCCC(=O)OC(COC(=O)CCCCCCCCCCCC)COP(=O)(O)OCC. The van der Waals surface area contributed by atoms with Gasteiger partial charge in [0.05, 0.1) is 13.2 Å². The van der Waals surface area contributed by atoms with Gasteiger partial charge in [0.2, 0.25) is 0 Å². The maximum Gasteiger partial charge on any atom is 0.472 e. The molecular weight excluding hydrogens is 555 g/mol. The van der Waals surface area contributed by atoms with Crippen molar-refractivity contribution in [2.24, 2.45) is 0 Å². The van der Waals surface area contributed by atoms with Crippen LogP contribution in [-0.4, -0.2) is 42.8 Å². The number of rotatable bonds is 32. The minimum Gasteiger partial charge on any atom is -0.462 e. The van der Waals surface area contributed by atoms with Crippen molar-refractivity contribution in [3.05, 3.63) is 0 Å². The Labute approximate surface area is 258 Å². The van der Waals surface area contributed by atoms with Gasteiger partial charge < -0.3 is 14.4 Å². The molecule has 0 spiro atoms. The molecule has 0 aliphatic heterocycles. The lowest BCUT2D eigenvalue weighted by atomic mass is 10.0. The summed E-state index contributed by atoms with van der Waals surface area (Å²) in [5.74, 6) is -0.792. The maximum atomic E-state index is 12.4. The quantitative estimate of drug-likeness (QED) is 0.0450. The summed E-state index contributed by atoms with van der Waals surface area (Å²) in [6, 6.07) is 0. The number of phosphoric ester groups is 1. The molecule has 0 fully saturated rings. The van der Waals surface area contributed by atoms with E-state index in [0.29, 0.717) is 6.42 Å². The minimum atomic E-state index is -4.26. The van der Waals surface area contributed by atoms with E-state index in [0.717, 1.165) is 38.5 Å². The normalized spacial score (nSPS) is 13.5. The molecule has 0 aromatic rings. The summed E-state index contributed by atoms with van der Waals surface area (Å²) in [4.78, 5) is 34.4. The second-order valence-electron chi connectivity index (χ2n) is 11.5. The van der Waals surface area contributed by atoms with Crippen molar-refractivity contribution in [3.63, 3.8) is 0 Å². The van der Waals surface area contributed by atoms with E-state index in [1.54, 1.807) is 6.92 Å². The van der Waals surface area contributed by atoms with E-state index in [9.17, 15) is 19.0 Å². The standard InChI is InChI=1S/C33H65O8P/c1-4-7-9-11-13-15-17-18-20-22-24-26-28-33(35)41-31(30-40-42(36,37)39-6-3)29-38-32(34)27-25-23-21-19-16-14-12-10-8-5-2/h31H,4-30H2,1-3H3,(H,36,37). The zero-order chi connectivity index (χ0) is 31.2. The van der Waals surface area contributed by atoms with Gasteiger partial charge in [-0.1, -0.05) is 142 Å². The first-order valence-corrected chi connectivity index (χ1v) is 18.8. The molecule has 0 heterocycles. The Morgan fingerprint density at radius 2 is 0.929 bits per heavy atom. The molecule has 0 radical (unpaired) electrons. The van der Waals surface area contributed by atoms with Crippen molar-refractivity contribution < 1.29 is 37.6 Å². The number of ether oxygens (including phenoxy) is 2. The molecule has 0 saturated carbocycles. The predicted octanol–water partition coefficient (Wildman–Crippen LogP) is 10.00. The van der Waals surface area contributed by atoms with Crippen LogP contribution in [0.2, 0.25) is 0 Å². The molecule has 1 N–H and O–H groups in total. The van der Waals surface area contributed by atoms with E-state index in [4.69, 9.17) is 18.5 Å². The third-order valence-electron chi connectivity index (χ3n) is 7.41. The number of hydrogen-bond donors (Lipinski definition) is 1. The predicted molar refractivity (Wildman–Crippen MR) is 170 cm³/mol. The first-order chi connectivity index (χ1) is 20.3. The Kier molecular flexibility index (Phi) is 29.4. The molecule has 8 nitrogen and oxygen atoms in total. The molecule has 0 bridgehead atoms. The van der Waals surface area contributed by atoms with E-state index < -0.39 is 19.9 Å². The van der Waals surface area contributed by atoms with Crippen molar-refractivity contribution in [1.82, 2.24) is 0 Å². The molecule has 0 aliphatic carbocycles. The lowest BCUT2D eigenvalue weighted by molar-refractivity contribution is -0.161. The molecule has 0 aromatic carbocycles.